The summed E-state index contributed by atoms with van der Waals surface area (Å²) in [5.74, 6) is 0.775. The monoisotopic (exact) mass is 398 g/mol. The Morgan fingerprint density at radius 2 is 1.79 bits per heavy atom. The first-order valence-corrected chi connectivity index (χ1v) is 10.7. The van der Waals surface area contributed by atoms with Gasteiger partial charge in [0, 0.05) is 19.0 Å². The molecule has 1 heterocycles. The molecule has 5 heteroatoms. The first kappa shape index (κ1) is 22.7. The summed E-state index contributed by atoms with van der Waals surface area (Å²) in [6.07, 6.45) is 5.53. The van der Waals surface area contributed by atoms with E-state index in [9.17, 15) is 9.59 Å². The Kier molecular flexibility index (Phi) is 9.48. The van der Waals surface area contributed by atoms with Crippen molar-refractivity contribution >= 4 is 11.8 Å². The van der Waals surface area contributed by atoms with Gasteiger partial charge in [-0.3, -0.25) is 9.59 Å². The van der Waals surface area contributed by atoms with Crippen LogP contribution in [0.15, 0.2) is 53.1 Å². The number of unbranched alkanes of at least 4 members (excludes halogenated alkanes) is 1. The van der Waals surface area contributed by atoms with Crippen molar-refractivity contribution < 1.29 is 14.0 Å². The van der Waals surface area contributed by atoms with E-state index in [0.29, 0.717) is 19.5 Å². The Labute approximate surface area is 174 Å². The van der Waals surface area contributed by atoms with Crippen LogP contribution in [0.3, 0.4) is 0 Å². The molecule has 2 amide bonds. The summed E-state index contributed by atoms with van der Waals surface area (Å²) >= 11 is 0. The zero-order valence-electron chi connectivity index (χ0n) is 18.0. The normalized spacial score (nSPS) is 11.8. The minimum absolute atomic E-state index is 0.0394. The van der Waals surface area contributed by atoms with Crippen LogP contribution in [0, 0.1) is 0 Å². The Morgan fingerprint density at radius 1 is 1.03 bits per heavy atom. The SMILES string of the molecule is CCCCC(=O)N(CC(=O)N(CCc1ccccc1)Cc1ccco1)[C@@H](C)CC. The summed E-state index contributed by atoms with van der Waals surface area (Å²) in [5, 5.41) is 0. The third-order valence-electron chi connectivity index (χ3n) is 5.29. The number of hydrogen-bond donors (Lipinski definition) is 0. The number of rotatable bonds is 12. The molecule has 5 nitrogen and oxygen atoms in total. The molecule has 1 aromatic heterocycles. The average molecular weight is 399 g/mol. The van der Waals surface area contributed by atoms with Gasteiger partial charge in [-0.25, -0.2) is 0 Å². The maximum atomic E-state index is 13.2. The number of amides is 2. The Balaban J connectivity index is 2.09. The molecule has 0 aliphatic rings. The van der Waals surface area contributed by atoms with Crippen LogP contribution >= 0.6 is 0 Å². The molecular formula is C24H34N2O3. The predicted octanol–water partition coefficient (Wildman–Crippen LogP) is 4.67. The van der Waals surface area contributed by atoms with Gasteiger partial charge in [0.15, 0.2) is 0 Å². The quantitative estimate of drug-likeness (QED) is 0.522. The molecule has 0 spiro atoms. The summed E-state index contributed by atoms with van der Waals surface area (Å²) in [4.78, 5) is 29.4. The van der Waals surface area contributed by atoms with Crippen molar-refractivity contribution in [2.24, 2.45) is 0 Å². The second-order valence-electron chi connectivity index (χ2n) is 7.51. The van der Waals surface area contributed by atoms with E-state index in [0.717, 1.165) is 31.4 Å². The van der Waals surface area contributed by atoms with E-state index in [1.54, 1.807) is 16.1 Å². The summed E-state index contributed by atoms with van der Waals surface area (Å²) < 4.78 is 5.47. The van der Waals surface area contributed by atoms with Gasteiger partial charge in [0.05, 0.1) is 12.8 Å². The van der Waals surface area contributed by atoms with E-state index in [1.807, 2.05) is 44.2 Å². The molecule has 0 saturated heterocycles. The summed E-state index contributed by atoms with van der Waals surface area (Å²) in [6, 6.07) is 13.9. The molecule has 0 saturated carbocycles. The van der Waals surface area contributed by atoms with Crippen LogP contribution < -0.4 is 0 Å². The highest BCUT2D eigenvalue weighted by molar-refractivity contribution is 5.85. The second kappa shape index (κ2) is 12.1. The standard InChI is InChI=1S/C24H34N2O3/c1-4-6-14-23(27)26(20(3)5-2)19-24(28)25(18-22-13-10-17-29-22)16-15-21-11-8-7-9-12-21/h7-13,17,20H,4-6,14-16,18-19H2,1-3H3/t20-/m0/s1. The lowest BCUT2D eigenvalue weighted by molar-refractivity contribution is -0.142. The molecule has 0 unspecified atom stereocenters. The smallest absolute Gasteiger partial charge is 0.242 e. The molecule has 0 radical (unpaired) electrons. The molecule has 0 N–H and O–H groups in total. The lowest BCUT2D eigenvalue weighted by Gasteiger charge is -2.31. The fraction of sp³-hybridized carbons (Fsp3) is 0.500. The van der Waals surface area contributed by atoms with Gasteiger partial charge in [-0.05, 0) is 43.9 Å². The topological polar surface area (TPSA) is 53.8 Å². The van der Waals surface area contributed by atoms with Crippen molar-refractivity contribution in [1.82, 2.24) is 9.80 Å². The average Bonchev–Trinajstić information content (AvgIpc) is 3.26. The van der Waals surface area contributed by atoms with Gasteiger partial charge in [0.25, 0.3) is 0 Å². The number of furan rings is 1. The van der Waals surface area contributed by atoms with E-state index in [1.165, 1.54) is 5.56 Å². The van der Waals surface area contributed by atoms with Crippen molar-refractivity contribution in [2.75, 3.05) is 13.1 Å². The van der Waals surface area contributed by atoms with Gasteiger partial charge in [-0.15, -0.1) is 0 Å². The molecule has 0 bridgehead atoms. The summed E-state index contributed by atoms with van der Waals surface area (Å²) in [6.45, 7) is 7.24. The molecule has 1 atom stereocenters. The van der Waals surface area contributed by atoms with Crippen LogP contribution in [0.2, 0.25) is 0 Å². The van der Waals surface area contributed by atoms with Crippen molar-refractivity contribution in [1.29, 1.82) is 0 Å². The van der Waals surface area contributed by atoms with Crippen molar-refractivity contribution in [3.8, 4) is 0 Å². The largest absolute Gasteiger partial charge is 0.467 e. The van der Waals surface area contributed by atoms with Gasteiger partial charge in [-0.1, -0.05) is 50.6 Å². The van der Waals surface area contributed by atoms with Gasteiger partial charge in [0.2, 0.25) is 11.8 Å². The van der Waals surface area contributed by atoms with E-state index in [-0.39, 0.29) is 24.4 Å². The van der Waals surface area contributed by atoms with Gasteiger partial charge in [-0.2, -0.15) is 0 Å². The zero-order valence-corrected chi connectivity index (χ0v) is 18.0. The van der Waals surface area contributed by atoms with E-state index >= 15 is 0 Å². The van der Waals surface area contributed by atoms with Crippen LogP contribution in [0.5, 0.6) is 0 Å². The molecule has 2 rings (SSSR count). The number of hydrogen-bond acceptors (Lipinski definition) is 3. The third-order valence-corrected chi connectivity index (χ3v) is 5.29. The Morgan fingerprint density at radius 3 is 2.41 bits per heavy atom. The minimum Gasteiger partial charge on any atom is -0.467 e. The zero-order chi connectivity index (χ0) is 21.1. The summed E-state index contributed by atoms with van der Waals surface area (Å²) in [7, 11) is 0. The molecule has 158 valence electrons. The number of carbonyl (C=O) groups is 2. The highest BCUT2D eigenvalue weighted by Crippen LogP contribution is 2.13. The number of nitrogens with zero attached hydrogens (tertiary/aromatic N) is 2. The fourth-order valence-corrected chi connectivity index (χ4v) is 3.22. The first-order valence-electron chi connectivity index (χ1n) is 10.7. The second-order valence-corrected chi connectivity index (χ2v) is 7.51. The molecule has 0 aliphatic heterocycles. The molecule has 2 aromatic rings. The summed E-state index contributed by atoms with van der Waals surface area (Å²) in [5.41, 5.74) is 1.18. The van der Waals surface area contributed by atoms with Crippen LogP contribution in [0.25, 0.3) is 0 Å². The highest BCUT2D eigenvalue weighted by Gasteiger charge is 2.24. The Hall–Kier alpha value is -2.56. The number of carbonyl (C=O) groups excluding carboxylic acids is 2. The van der Waals surface area contributed by atoms with Crippen molar-refractivity contribution in [3.63, 3.8) is 0 Å². The van der Waals surface area contributed by atoms with Gasteiger partial charge >= 0.3 is 0 Å². The van der Waals surface area contributed by atoms with Crippen molar-refractivity contribution in [2.45, 2.75) is 65.5 Å². The maximum Gasteiger partial charge on any atom is 0.242 e. The highest BCUT2D eigenvalue weighted by atomic mass is 16.3. The van der Waals surface area contributed by atoms with E-state index in [2.05, 4.69) is 19.1 Å². The molecule has 0 aliphatic carbocycles. The minimum atomic E-state index is -0.0394. The van der Waals surface area contributed by atoms with Crippen molar-refractivity contribution in [3.05, 3.63) is 60.1 Å². The lowest BCUT2D eigenvalue weighted by Crippen LogP contribution is -2.46. The van der Waals surface area contributed by atoms with Gasteiger partial charge in [0.1, 0.15) is 12.3 Å². The van der Waals surface area contributed by atoms with Crippen LogP contribution in [-0.4, -0.2) is 40.7 Å². The fourth-order valence-electron chi connectivity index (χ4n) is 3.22. The lowest BCUT2D eigenvalue weighted by atomic mass is 10.1. The maximum absolute atomic E-state index is 13.2. The third kappa shape index (κ3) is 7.41. The number of benzene rings is 1. The molecule has 29 heavy (non-hydrogen) atoms. The predicted molar refractivity (Wildman–Crippen MR) is 115 cm³/mol. The van der Waals surface area contributed by atoms with Crippen LogP contribution in [-0.2, 0) is 22.6 Å². The first-order chi connectivity index (χ1) is 14.0. The molecular weight excluding hydrogens is 364 g/mol. The Bertz CT molecular complexity index is 728. The molecule has 0 fully saturated rings. The van der Waals surface area contributed by atoms with E-state index < -0.39 is 0 Å². The molecule has 1 aromatic carbocycles. The van der Waals surface area contributed by atoms with Gasteiger partial charge < -0.3 is 14.2 Å². The van der Waals surface area contributed by atoms with Crippen LogP contribution in [0.1, 0.15) is 57.8 Å². The van der Waals surface area contributed by atoms with E-state index in [4.69, 9.17) is 4.42 Å². The van der Waals surface area contributed by atoms with Crippen LogP contribution in [0.4, 0.5) is 0 Å².